The Labute approximate surface area is 186 Å². The number of pyridine rings is 1. The average Bonchev–Trinajstić information content (AvgIpc) is 3.42. The third kappa shape index (κ3) is 4.68. The predicted molar refractivity (Wildman–Crippen MR) is 119 cm³/mol. The van der Waals surface area contributed by atoms with Crippen LogP contribution in [0.4, 0.5) is 0 Å². The van der Waals surface area contributed by atoms with Crippen LogP contribution in [-0.4, -0.2) is 32.5 Å². The highest BCUT2D eigenvalue weighted by atomic mass is 35.5. The molecule has 4 rings (SSSR count). The van der Waals surface area contributed by atoms with Gasteiger partial charge in [-0.1, -0.05) is 22.9 Å². The maximum Gasteiger partial charge on any atom is 0.261 e. The van der Waals surface area contributed by atoms with E-state index in [4.69, 9.17) is 16.3 Å². The molecule has 8 nitrogen and oxygen atoms in total. The second kappa shape index (κ2) is 9.15. The number of thiophene rings is 1. The van der Waals surface area contributed by atoms with Crippen LogP contribution in [0, 0.1) is 0 Å². The van der Waals surface area contributed by atoms with E-state index in [9.17, 15) is 9.59 Å². The topological polar surface area (TPSA) is 102 Å². The number of halogens is 1. The van der Waals surface area contributed by atoms with Crippen LogP contribution < -0.4 is 15.6 Å². The Balaban J connectivity index is 1.55. The van der Waals surface area contributed by atoms with Crippen LogP contribution >= 0.6 is 22.9 Å². The fraction of sp³-hybridized carbons (Fsp3) is 0.143. The van der Waals surface area contributed by atoms with Crippen molar-refractivity contribution in [3.8, 4) is 22.6 Å². The number of aromatic nitrogens is 4. The molecule has 0 radical (unpaired) electrons. The molecule has 0 aliphatic rings. The van der Waals surface area contributed by atoms with Gasteiger partial charge in [0.25, 0.3) is 11.5 Å². The van der Waals surface area contributed by atoms with Crippen molar-refractivity contribution in [1.82, 2.24) is 25.3 Å². The molecule has 1 aromatic carbocycles. The zero-order chi connectivity index (χ0) is 21.8. The molecule has 0 spiro atoms. The number of rotatable bonds is 7. The molecule has 0 unspecified atom stereocenters. The van der Waals surface area contributed by atoms with Gasteiger partial charge in [0, 0.05) is 11.8 Å². The maximum absolute atomic E-state index is 12.2. The summed E-state index contributed by atoms with van der Waals surface area (Å²) in [5, 5.41) is 11.1. The Morgan fingerprint density at radius 3 is 2.90 bits per heavy atom. The molecule has 3 aromatic heterocycles. The van der Waals surface area contributed by atoms with E-state index in [1.165, 1.54) is 11.3 Å². The molecule has 2 N–H and O–H groups in total. The van der Waals surface area contributed by atoms with Gasteiger partial charge in [-0.25, -0.2) is 4.68 Å². The quantitative estimate of drug-likeness (QED) is 0.442. The Kier molecular flexibility index (Phi) is 6.15. The molecular formula is C21H18ClN5O3S. The van der Waals surface area contributed by atoms with E-state index >= 15 is 0 Å². The van der Waals surface area contributed by atoms with Gasteiger partial charge >= 0.3 is 0 Å². The highest BCUT2D eigenvalue weighted by Gasteiger charge is 2.14. The summed E-state index contributed by atoms with van der Waals surface area (Å²) in [7, 11) is 0. The first-order chi connectivity index (χ1) is 15.0. The number of ether oxygens (including phenoxy) is 1. The van der Waals surface area contributed by atoms with E-state index in [0.29, 0.717) is 38.5 Å². The smallest absolute Gasteiger partial charge is 0.261 e. The van der Waals surface area contributed by atoms with E-state index < -0.39 is 0 Å². The summed E-state index contributed by atoms with van der Waals surface area (Å²) >= 11 is 7.09. The Morgan fingerprint density at radius 2 is 2.16 bits per heavy atom. The molecule has 0 fully saturated rings. The van der Waals surface area contributed by atoms with Crippen LogP contribution in [0.2, 0.25) is 4.34 Å². The van der Waals surface area contributed by atoms with Crippen LogP contribution in [-0.2, 0) is 6.54 Å². The normalized spacial score (nSPS) is 10.8. The number of nitrogens with zero attached hydrogens (tertiary/aromatic N) is 3. The molecule has 0 aliphatic heterocycles. The molecule has 1 amide bonds. The predicted octanol–water partition coefficient (Wildman–Crippen LogP) is 3.67. The number of nitrogens with one attached hydrogen (secondary N) is 2. The van der Waals surface area contributed by atoms with Gasteiger partial charge in [-0.3, -0.25) is 9.59 Å². The van der Waals surface area contributed by atoms with Crippen molar-refractivity contribution in [2.24, 2.45) is 0 Å². The van der Waals surface area contributed by atoms with Gasteiger partial charge in [0.05, 0.1) is 28.6 Å². The van der Waals surface area contributed by atoms with Gasteiger partial charge in [0.2, 0.25) is 0 Å². The largest absolute Gasteiger partial charge is 0.492 e. The lowest BCUT2D eigenvalue weighted by atomic mass is 10.1. The summed E-state index contributed by atoms with van der Waals surface area (Å²) < 4.78 is 7.91. The number of carbonyl (C=O) groups excluding carboxylic acids is 1. The van der Waals surface area contributed by atoms with E-state index in [2.05, 4.69) is 20.6 Å². The second-order valence-electron chi connectivity index (χ2n) is 6.47. The van der Waals surface area contributed by atoms with Crippen LogP contribution in [0.15, 0.2) is 59.7 Å². The molecular weight excluding hydrogens is 438 g/mol. The van der Waals surface area contributed by atoms with Gasteiger partial charge in [0.15, 0.2) is 0 Å². The minimum atomic E-state index is -0.223. The standard InChI is InChI=1S/C21H18ClN5O3S/c1-2-30-17-10-13(15-4-3-9-23-20(15)28)5-6-16(17)27-12-14(25-26-27)11-24-21(29)18-7-8-19(22)31-18/h3-10,12H,2,11H2,1H3,(H,23,28)(H,24,29). The third-order valence-electron chi connectivity index (χ3n) is 4.40. The number of H-pyrrole nitrogens is 1. The number of hydrogen-bond acceptors (Lipinski definition) is 6. The average molecular weight is 456 g/mol. The van der Waals surface area contributed by atoms with Gasteiger partial charge in [-0.2, -0.15) is 0 Å². The summed E-state index contributed by atoms with van der Waals surface area (Å²) in [5.41, 5.74) is 2.36. The Morgan fingerprint density at radius 1 is 1.29 bits per heavy atom. The van der Waals surface area contributed by atoms with Crippen molar-refractivity contribution < 1.29 is 9.53 Å². The van der Waals surface area contributed by atoms with Crippen molar-refractivity contribution in [3.05, 3.63) is 80.1 Å². The van der Waals surface area contributed by atoms with Gasteiger partial charge in [0.1, 0.15) is 17.1 Å². The van der Waals surface area contributed by atoms with Crippen molar-refractivity contribution in [2.75, 3.05) is 6.61 Å². The van der Waals surface area contributed by atoms with Gasteiger partial charge < -0.3 is 15.0 Å². The monoisotopic (exact) mass is 455 g/mol. The first kappa shape index (κ1) is 20.8. The lowest BCUT2D eigenvalue weighted by Gasteiger charge is -2.11. The van der Waals surface area contributed by atoms with E-state index in [1.807, 2.05) is 19.1 Å². The SMILES string of the molecule is CCOc1cc(-c2ccc[nH]c2=O)ccc1-n1cc(CNC(=O)c2ccc(Cl)s2)nn1. The zero-order valence-electron chi connectivity index (χ0n) is 16.5. The summed E-state index contributed by atoms with van der Waals surface area (Å²) in [6, 6.07) is 12.3. The van der Waals surface area contributed by atoms with Crippen molar-refractivity contribution in [1.29, 1.82) is 0 Å². The summed E-state index contributed by atoms with van der Waals surface area (Å²) in [4.78, 5) is 27.5. The number of benzene rings is 1. The summed E-state index contributed by atoms with van der Waals surface area (Å²) in [5.74, 6) is 0.343. The minimum absolute atomic E-state index is 0.177. The molecule has 0 atom stereocenters. The van der Waals surface area contributed by atoms with E-state index in [0.717, 1.165) is 5.56 Å². The molecule has 3 heterocycles. The first-order valence-electron chi connectivity index (χ1n) is 9.45. The number of carbonyl (C=O) groups is 1. The third-order valence-corrected chi connectivity index (χ3v) is 5.63. The fourth-order valence-electron chi connectivity index (χ4n) is 2.98. The number of aromatic amines is 1. The zero-order valence-corrected chi connectivity index (χ0v) is 18.0. The molecule has 0 saturated heterocycles. The Hall–Kier alpha value is -3.43. The summed E-state index contributed by atoms with van der Waals surface area (Å²) in [6.07, 6.45) is 3.31. The molecule has 158 valence electrons. The molecule has 4 aromatic rings. The van der Waals surface area contributed by atoms with Crippen LogP contribution in [0.5, 0.6) is 5.75 Å². The Bertz CT molecular complexity index is 1280. The fourth-order valence-corrected chi connectivity index (χ4v) is 3.94. The molecule has 0 bridgehead atoms. The number of hydrogen-bond donors (Lipinski definition) is 2. The molecule has 0 saturated carbocycles. The summed E-state index contributed by atoms with van der Waals surface area (Å²) in [6.45, 7) is 2.54. The highest BCUT2D eigenvalue weighted by Crippen LogP contribution is 2.28. The molecule has 31 heavy (non-hydrogen) atoms. The van der Waals surface area contributed by atoms with E-state index in [-0.39, 0.29) is 18.0 Å². The maximum atomic E-state index is 12.2. The van der Waals surface area contributed by atoms with Crippen LogP contribution in [0.3, 0.4) is 0 Å². The second-order valence-corrected chi connectivity index (χ2v) is 8.18. The minimum Gasteiger partial charge on any atom is -0.492 e. The van der Waals surface area contributed by atoms with Crippen LogP contribution in [0.25, 0.3) is 16.8 Å². The molecule has 0 aliphatic carbocycles. The molecule has 10 heteroatoms. The lowest BCUT2D eigenvalue weighted by molar-refractivity contribution is 0.0954. The van der Waals surface area contributed by atoms with Crippen molar-refractivity contribution in [3.63, 3.8) is 0 Å². The van der Waals surface area contributed by atoms with Gasteiger partial charge in [-0.15, -0.1) is 16.4 Å². The van der Waals surface area contributed by atoms with Crippen molar-refractivity contribution >= 4 is 28.8 Å². The van der Waals surface area contributed by atoms with Gasteiger partial charge in [-0.05, 0) is 48.9 Å². The highest BCUT2D eigenvalue weighted by molar-refractivity contribution is 7.17. The first-order valence-corrected chi connectivity index (χ1v) is 10.6. The van der Waals surface area contributed by atoms with E-state index in [1.54, 1.807) is 47.4 Å². The number of amides is 1. The lowest BCUT2D eigenvalue weighted by Crippen LogP contribution is -2.21. The van der Waals surface area contributed by atoms with Crippen LogP contribution in [0.1, 0.15) is 22.3 Å². The van der Waals surface area contributed by atoms with Crippen molar-refractivity contribution in [2.45, 2.75) is 13.5 Å².